The number of likely N-dealkylation sites (tertiary alicyclic amines) is 1. The van der Waals surface area contributed by atoms with Crippen molar-refractivity contribution in [1.82, 2.24) is 15.5 Å². The van der Waals surface area contributed by atoms with Crippen molar-refractivity contribution < 1.29 is 4.39 Å². The van der Waals surface area contributed by atoms with Gasteiger partial charge in [-0.25, -0.2) is 4.39 Å². The smallest absolute Gasteiger partial charge is 0.190 e. The van der Waals surface area contributed by atoms with Gasteiger partial charge in [0, 0.05) is 26.7 Å². The Morgan fingerprint density at radius 2 is 2.27 bits per heavy atom. The van der Waals surface area contributed by atoms with Crippen molar-refractivity contribution in [3.05, 3.63) is 35.6 Å². The van der Waals surface area contributed by atoms with Crippen molar-refractivity contribution >= 4 is 5.96 Å². The Labute approximate surface area is 132 Å². The van der Waals surface area contributed by atoms with Gasteiger partial charge in [0.1, 0.15) is 5.82 Å². The Morgan fingerprint density at radius 3 is 2.95 bits per heavy atom. The molecule has 1 aromatic carbocycles. The zero-order valence-corrected chi connectivity index (χ0v) is 13.6. The first-order valence-electron chi connectivity index (χ1n) is 8.12. The van der Waals surface area contributed by atoms with Gasteiger partial charge in [0.2, 0.25) is 0 Å². The lowest BCUT2D eigenvalue weighted by molar-refractivity contribution is 0.342. The highest BCUT2D eigenvalue weighted by Gasteiger charge is 2.20. The van der Waals surface area contributed by atoms with Crippen molar-refractivity contribution in [2.24, 2.45) is 10.9 Å². The van der Waals surface area contributed by atoms with Crippen LogP contribution < -0.4 is 10.6 Å². The number of hydrogen-bond acceptors (Lipinski definition) is 2. The summed E-state index contributed by atoms with van der Waals surface area (Å²) < 4.78 is 13.1. The highest BCUT2D eigenvalue weighted by molar-refractivity contribution is 5.79. The first-order valence-corrected chi connectivity index (χ1v) is 8.12. The van der Waals surface area contributed by atoms with E-state index in [1.54, 1.807) is 19.2 Å². The topological polar surface area (TPSA) is 39.7 Å². The summed E-state index contributed by atoms with van der Waals surface area (Å²) in [7, 11) is 1.78. The summed E-state index contributed by atoms with van der Waals surface area (Å²) in [5, 5.41) is 6.68. The van der Waals surface area contributed by atoms with Crippen molar-refractivity contribution in [3.8, 4) is 0 Å². The highest BCUT2D eigenvalue weighted by Crippen LogP contribution is 2.14. The Bertz CT molecular complexity index is 489. The minimum Gasteiger partial charge on any atom is -0.356 e. The number of halogens is 1. The van der Waals surface area contributed by atoms with Crippen molar-refractivity contribution in [2.45, 2.75) is 19.8 Å². The van der Waals surface area contributed by atoms with E-state index < -0.39 is 0 Å². The first kappa shape index (κ1) is 16.7. The van der Waals surface area contributed by atoms with Crippen molar-refractivity contribution in [1.29, 1.82) is 0 Å². The molecule has 0 aliphatic carbocycles. The Balaban J connectivity index is 1.67. The van der Waals surface area contributed by atoms with Crippen LogP contribution in [-0.4, -0.2) is 50.6 Å². The second-order valence-corrected chi connectivity index (χ2v) is 5.81. The molecule has 1 unspecified atom stereocenters. The van der Waals surface area contributed by atoms with Crippen LogP contribution in [0.4, 0.5) is 4.39 Å². The maximum Gasteiger partial charge on any atom is 0.190 e. The lowest BCUT2D eigenvalue weighted by Crippen LogP contribution is -2.41. The predicted molar refractivity (Wildman–Crippen MR) is 89.7 cm³/mol. The van der Waals surface area contributed by atoms with Crippen LogP contribution in [0.3, 0.4) is 0 Å². The van der Waals surface area contributed by atoms with E-state index >= 15 is 0 Å². The molecule has 1 aromatic rings. The van der Waals surface area contributed by atoms with Crippen molar-refractivity contribution in [3.63, 3.8) is 0 Å². The maximum atomic E-state index is 13.1. The molecule has 1 saturated heterocycles. The highest BCUT2D eigenvalue weighted by atomic mass is 19.1. The molecule has 1 atom stereocenters. The molecule has 0 bridgehead atoms. The fraction of sp³-hybridized carbons (Fsp3) is 0.588. The summed E-state index contributed by atoms with van der Waals surface area (Å²) in [5.74, 6) is 1.34. The summed E-state index contributed by atoms with van der Waals surface area (Å²) in [6.45, 7) is 7.42. The SMILES string of the molecule is CCN1CCC(CNC(=NC)NCCc2cccc(F)c2)C1. The number of benzene rings is 1. The van der Waals surface area contributed by atoms with Crippen LogP contribution in [0.2, 0.25) is 0 Å². The lowest BCUT2D eigenvalue weighted by Gasteiger charge is -2.16. The van der Waals surface area contributed by atoms with Gasteiger partial charge in [0.15, 0.2) is 5.96 Å². The number of rotatable bonds is 6. The van der Waals surface area contributed by atoms with Crippen LogP contribution in [0.15, 0.2) is 29.3 Å². The molecule has 1 heterocycles. The molecule has 2 rings (SSSR count). The van der Waals surface area contributed by atoms with Gasteiger partial charge in [0.05, 0.1) is 0 Å². The average molecular weight is 306 g/mol. The standard InChI is InChI=1S/C17H27FN4/c1-3-22-10-8-15(13-22)12-21-17(19-2)20-9-7-14-5-4-6-16(18)11-14/h4-6,11,15H,3,7-10,12-13H2,1-2H3,(H2,19,20,21). The van der Waals surface area contributed by atoms with Gasteiger partial charge in [-0.3, -0.25) is 4.99 Å². The zero-order chi connectivity index (χ0) is 15.8. The second-order valence-electron chi connectivity index (χ2n) is 5.81. The number of aliphatic imine (C=N–C) groups is 1. The van der Waals surface area contributed by atoms with E-state index in [-0.39, 0.29) is 5.82 Å². The van der Waals surface area contributed by atoms with Crippen LogP contribution in [-0.2, 0) is 6.42 Å². The fourth-order valence-corrected chi connectivity index (χ4v) is 2.85. The van der Waals surface area contributed by atoms with E-state index in [9.17, 15) is 4.39 Å². The Morgan fingerprint density at radius 1 is 1.41 bits per heavy atom. The van der Waals surface area contributed by atoms with Crippen LogP contribution in [0, 0.1) is 11.7 Å². The van der Waals surface area contributed by atoms with E-state index in [2.05, 4.69) is 27.4 Å². The van der Waals surface area contributed by atoms with E-state index in [1.807, 2.05) is 6.07 Å². The minimum atomic E-state index is -0.179. The molecule has 1 fully saturated rings. The molecule has 0 saturated carbocycles. The van der Waals surface area contributed by atoms with Crippen LogP contribution in [0.25, 0.3) is 0 Å². The zero-order valence-electron chi connectivity index (χ0n) is 13.6. The summed E-state index contributed by atoms with van der Waals surface area (Å²) in [5.41, 5.74) is 0.998. The lowest BCUT2D eigenvalue weighted by atomic mass is 10.1. The van der Waals surface area contributed by atoms with E-state index in [0.29, 0.717) is 5.92 Å². The Kier molecular flexibility index (Phi) is 6.65. The molecule has 0 radical (unpaired) electrons. The number of nitrogens with one attached hydrogen (secondary N) is 2. The summed E-state index contributed by atoms with van der Waals surface area (Å²) in [6.07, 6.45) is 2.03. The van der Waals surface area contributed by atoms with Crippen molar-refractivity contribution in [2.75, 3.05) is 39.8 Å². The summed E-state index contributed by atoms with van der Waals surface area (Å²) in [4.78, 5) is 6.72. The maximum absolute atomic E-state index is 13.1. The number of nitrogens with zero attached hydrogens (tertiary/aromatic N) is 2. The fourth-order valence-electron chi connectivity index (χ4n) is 2.85. The molecule has 1 aliphatic heterocycles. The molecule has 2 N–H and O–H groups in total. The third-order valence-corrected chi connectivity index (χ3v) is 4.19. The molecule has 22 heavy (non-hydrogen) atoms. The van der Waals surface area contributed by atoms with Gasteiger partial charge in [0.25, 0.3) is 0 Å². The predicted octanol–water partition coefficient (Wildman–Crippen LogP) is 1.88. The molecular weight excluding hydrogens is 279 g/mol. The Hall–Kier alpha value is -1.62. The molecule has 4 nitrogen and oxygen atoms in total. The number of hydrogen-bond donors (Lipinski definition) is 2. The molecule has 0 amide bonds. The van der Waals surface area contributed by atoms with Gasteiger partial charge in [-0.05, 0) is 49.5 Å². The largest absolute Gasteiger partial charge is 0.356 e. The third-order valence-electron chi connectivity index (χ3n) is 4.19. The summed E-state index contributed by atoms with van der Waals surface area (Å²) >= 11 is 0. The second kappa shape index (κ2) is 8.73. The average Bonchev–Trinajstić information content (AvgIpc) is 2.99. The van der Waals surface area contributed by atoms with Crippen LogP contribution in [0.1, 0.15) is 18.9 Å². The van der Waals surface area contributed by atoms with E-state index in [4.69, 9.17) is 0 Å². The van der Waals surface area contributed by atoms with Gasteiger partial charge >= 0.3 is 0 Å². The normalized spacial score (nSPS) is 19.4. The minimum absolute atomic E-state index is 0.179. The summed E-state index contributed by atoms with van der Waals surface area (Å²) in [6, 6.07) is 6.74. The van der Waals surface area contributed by atoms with E-state index in [0.717, 1.165) is 37.6 Å². The quantitative estimate of drug-likeness (QED) is 0.623. The number of guanidine groups is 1. The third kappa shape index (κ3) is 5.30. The molecular formula is C17H27FN4. The molecule has 1 aliphatic rings. The van der Waals surface area contributed by atoms with E-state index in [1.165, 1.54) is 25.6 Å². The van der Waals surface area contributed by atoms with Crippen LogP contribution in [0.5, 0.6) is 0 Å². The van der Waals surface area contributed by atoms with Gasteiger partial charge in [-0.15, -0.1) is 0 Å². The monoisotopic (exact) mass is 306 g/mol. The molecule has 0 aromatic heterocycles. The molecule has 122 valence electrons. The first-order chi connectivity index (χ1) is 10.7. The van der Waals surface area contributed by atoms with Crippen LogP contribution >= 0.6 is 0 Å². The van der Waals surface area contributed by atoms with Gasteiger partial charge in [-0.1, -0.05) is 19.1 Å². The van der Waals surface area contributed by atoms with Gasteiger partial charge in [-0.2, -0.15) is 0 Å². The molecule has 5 heteroatoms. The van der Waals surface area contributed by atoms with Gasteiger partial charge < -0.3 is 15.5 Å². The molecule has 0 spiro atoms.